The highest BCUT2D eigenvalue weighted by Crippen LogP contribution is 2.31. The summed E-state index contributed by atoms with van der Waals surface area (Å²) in [5, 5.41) is 0. The van der Waals surface area contributed by atoms with Gasteiger partial charge in [-0.3, -0.25) is 4.79 Å². The number of allylic oxidation sites excluding steroid dienone is 1. The Labute approximate surface area is 159 Å². The van der Waals surface area contributed by atoms with Gasteiger partial charge < -0.3 is 9.64 Å². The van der Waals surface area contributed by atoms with Gasteiger partial charge in [0.15, 0.2) is 5.78 Å². The third-order valence-corrected chi connectivity index (χ3v) is 4.89. The number of fused-ring (bicyclic) bond motifs is 1. The van der Waals surface area contributed by atoms with Gasteiger partial charge in [-0.15, -0.1) is 0 Å². The Morgan fingerprint density at radius 1 is 0.926 bits per heavy atom. The smallest absolute Gasteiger partial charge is 0.198 e. The highest BCUT2D eigenvalue weighted by molar-refractivity contribution is 6.30. The standard InChI is InChI=1S/C24H21NO2/c1-27-23-14-8-6-12-20(23)24(26)21(18-9-3-2-4-10-18)17-25-16-15-19-11-5-7-13-22(19)25/h2-14,17H,15-16H2,1H3/b21-17+. The van der Waals surface area contributed by atoms with Crippen molar-refractivity contribution in [1.82, 2.24) is 0 Å². The van der Waals surface area contributed by atoms with E-state index in [4.69, 9.17) is 4.74 Å². The molecule has 4 rings (SSSR count). The lowest BCUT2D eigenvalue weighted by atomic mass is 9.96. The first-order valence-electron chi connectivity index (χ1n) is 9.07. The lowest BCUT2D eigenvalue weighted by molar-refractivity contribution is 0.105. The van der Waals surface area contributed by atoms with Gasteiger partial charge in [-0.1, -0.05) is 60.7 Å². The number of carbonyl (C=O) groups is 1. The summed E-state index contributed by atoms with van der Waals surface area (Å²) in [6, 6.07) is 25.5. The molecule has 134 valence electrons. The summed E-state index contributed by atoms with van der Waals surface area (Å²) in [6.45, 7) is 0.870. The Hall–Kier alpha value is -3.33. The van der Waals surface area contributed by atoms with Crippen LogP contribution < -0.4 is 9.64 Å². The van der Waals surface area contributed by atoms with Gasteiger partial charge in [0.05, 0.1) is 12.7 Å². The molecular weight excluding hydrogens is 334 g/mol. The van der Waals surface area contributed by atoms with Gasteiger partial charge in [-0.05, 0) is 35.7 Å². The van der Waals surface area contributed by atoms with Gasteiger partial charge in [0.2, 0.25) is 0 Å². The van der Waals surface area contributed by atoms with Gasteiger partial charge in [0.1, 0.15) is 5.75 Å². The lowest BCUT2D eigenvalue weighted by Gasteiger charge is -2.18. The van der Waals surface area contributed by atoms with Gasteiger partial charge in [0.25, 0.3) is 0 Å². The lowest BCUT2D eigenvalue weighted by Crippen LogP contribution is -2.16. The summed E-state index contributed by atoms with van der Waals surface area (Å²) in [4.78, 5) is 15.6. The minimum Gasteiger partial charge on any atom is -0.496 e. The Bertz CT molecular complexity index is 992. The number of Topliss-reactive ketones (excluding diaryl/α,β-unsaturated/α-hetero) is 1. The van der Waals surface area contributed by atoms with Crippen LogP contribution in [0.5, 0.6) is 5.75 Å². The maximum atomic E-state index is 13.4. The SMILES string of the molecule is COc1ccccc1C(=O)/C(=C/N1CCc2ccccc21)c1ccccc1. The third-order valence-electron chi connectivity index (χ3n) is 4.89. The molecule has 3 aromatic carbocycles. The van der Waals surface area contributed by atoms with Crippen molar-refractivity contribution in [2.24, 2.45) is 0 Å². The van der Waals surface area contributed by atoms with Crippen LogP contribution in [0.4, 0.5) is 5.69 Å². The number of carbonyl (C=O) groups excluding carboxylic acids is 1. The van der Waals surface area contributed by atoms with Crippen molar-refractivity contribution >= 4 is 17.0 Å². The fourth-order valence-electron chi connectivity index (χ4n) is 3.51. The molecule has 0 unspecified atom stereocenters. The second kappa shape index (κ2) is 7.50. The summed E-state index contributed by atoms with van der Waals surface area (Å²) in [7, 11) is 1.59. The van der Waals surface area contributed by atoms with Crippen LogP contribution in [0.2, 0.25) is 0 Å². The van der Waals surface area contributed by atoms with Crippen LogP contribution in [0.25, 0.3) is 5.57 Å². The molecule has 3 aromatic rings. The quantitative estimate of drug-likeness (QED) is 0.477. The van der Waals surface area contributed by atoms with E-state index < -0.39 is 0 Å². The monoisotopic (exact) mass is 355 g/mol. The van der Waals surface area contributed by atoms with Crippen molar-refractivity contribution in [2.75, 3.05) is 18.6 Å². The van der Waals surface area contributed by atoms with Crippen molar-refractivity contribution in [1.29, 1.82) is 0 Å². The number of para-hydroxylation sites is 2. The predicted octanol–water partition coefficient (Wildman–Crippen LogP) is 4.98. The first kappa shape index (κ1) is 17.1. The van der Waals surface area contributed by atoms with E-state index >= 15 is 0 Å². The molecule has 1 heterocycles. The number of benzene rings is 3. The second-order valence-corrected chi connectivity index (χ2v) is 6.51. The second-order valence-electron chi connectivity index (χ2n) is 6.51. The van der Waals surface area contributed by atoms with E-state index in [-0.39, 0.29) is 5.78 Å². The van der Waals surface area contributed by atoms with E-state index in [2.05, 4.69) is 23.1 Å². The zero-order valence-corrected chi connectivity index (χ0v) is 15.3. The molecule has 0 amide bonds. The molecule has 0 N–H and O–H groups in total. The molecule has 0 spiro atoms. The largest absolute Gasteiger partial charge is 0.496 e. The molecule has 0 bridgehead atoms. The number of methoxy groups -OCH3 is 1. The Morgan fingerprint density at radius 3 is 2.44 bits per heavy atom. The molecule has 0 saturated carbocycles. The molecule has 1 aliphatic heterocycles. The van der Waals surface area contributed by atoms with Crippen LogP contribution >= 0.6 is 0 Å². The average Bonchev–Trinajstić information content (AvgIpc) is 3.15. The number of hydrogen-bond donors (Lipinski definition) is 0. The highest BCUT2D eigenvalue weighted by Gasteiger charge is 2.22. The number of hydrogen-bond acceptors (Lipinski definition) is 3. The fourth-order valence-corrected chi connectivity index (χ4v) is 3.51. The third kappa shape index (κ3) is 3.36. The molecular formula is C24H21NO2. The topological polar surface area (TPSA) is 29.5 Å². The van der Waals surface area contributed by atoms with Crippen molar-refractivity contribution in [3.8, 4) is 5.75 Å². The van der Waals surface area contributed by atoms with Crippen molar-refractivity contribution in [3.05, 3.63) is 102 Å². The summed E-state index contributed by atoms with van der Waals surface area (Å²) in [5.41, 5.74) is 4.61. The van der Waals surface area contributed by atoms with Crippen molar-refractivity contribution in [3.63, 3.8) is 0 Å². The van der Waals surface area contributed by atoms with Crippen LogP contribution in [0, 0.1) is 0 Å². The normalized spacial score (nSPS) is 13.4. The molecule has 27 heavy (non-hydrogen) atoms. The zero-order chi connectivity index (χ0) is 18.6. The summed E-state index contributed by atoms with van der Waals surface area (Å²) in [5.74, 6) is 0.550. The van der Waals surface area contributed by atoms with Crippen LogP contribution in [0.1, 0.15) is 21.5 Å². The molecule has 3 nitrogen and oxygen atoms in total. The zero-order valence-electron chi connectivity index (χ0n) is 15.3. The predicted molar refractivity (Wildman–Crippen MR) is 109 cm³/mol. The number of nitrogens with zero attached hydrogens (tertiary/aromatic N) is 1. The van der Waals surface area contributed by atoms with Crippen molar-refractivity contribution < 1.29 is 9.53 Å². The molecule has 1 aliphatic rings. The van der Waals surface area contributed by atoms with Crippen LogP contribution in [0.15, 0.2) is 85.1 Å². The van der Waals surface area contributed by atoms with Gasteiger partial charge in [0, 0.05) is 24.0 Å². The number of rotatable bonds is 5. The molecule has 0 atom stereocenters. The van der Waals surface area contributed by atoms with E-state index in [1.54, 1.807) is 7.11 Å². The highest BCUT2D eigenvalue weighted by atomic mass is 16.5. The Morgan fingerprint density at radius 2 is 1.63 bits per heavy atom. The Balaban J connectivity index is 1.80. The molecule has 0 aromatic heterocycles. The van der Waals surface area contributed by atoms with Crippen LogP contribution in [-0.4, -0.2) is 19.4 Å². The van der Waals surface area contributed by atoms with Gasteiger partial charge in [-0.25, -0.2) is 0 Å². The van der Waals surface area contributed by atoms with Crippen molar-refractivity contribution in [2.45, 2.75) is 6.42 Å². The molecule has 3 heteroatoms. The summed E-state index contributed by atoms with van der Waals surface area (Å²) < 4.78 is 5.42. The summed E-state index contributed by atoms with van der Waals surface area (Å²) >= 11 is 0. The minimum absolute atomic E-state index is 0.0389. The first-order chi connectivity index (χ1) is 13.3. The van der Waals surface area contributed by atoms with E-state index in [1.165, 1.54) is 11.3 Å². The number of anilines is 1. The van der Waals surface area contributed by atoms with Gasteiger partial charge >= 0.3 is 0 Å². The fraction of sp³-hybridized carbons (Fsp3) is 0.125. The maximum Gasteiger partial charge on any atom is 0.198 e. The van der Waals surface area contributed by atoms with E-state index in [0.717, 1.165) is 18.5 Å². The number of ketones is 1. The van der Waals surface area contributed by atoms with Crippen LogP contribution in [-0.2, 0) is 6.42 Å². The minimum atomic E-state index is -0.0389. The van der Waals surface area contributed by atoms with E-state index in [9.17, 15) is 4.79 Å². The number of ether oxygens (including phenoxy) is 1. The first-order valence-corrected chi connectivity index (χ1v) is 9.07. The molecule has 0 radical (unpaired) electrons. The molecule has 0 fully saturated rings. The Kier molecular flexibility index (Phi) is 4.75. The van der Waals surface area contributed by atoms with E-state index in [0.29, 0.717) is 16.9 Å². The molecule has 0 aliphatic carbocycles. The van der Waals surface area contributed by atoms with Gasteiger partial charge in [-0.2, -0.15) is 0 Å². The van der Waals surface area contributed by atoms with E-state index in [1.807, 2.05) is 66.9 Å². The average molecular weight is 355 g/mol. The summed E-state index contributed by atoms with van der Waals surface area (Å²) in [6.07, 6.45) is 2.97. The maximum absolute atomic E-state index is 13.4. The molecule has 0 saturated heterocycles. The van der Waals surface area contributed by atoms with Crippen LogP contribution in [0.3, 0.4) is 0 Å².